The Morgan fingerprint density at radius 3 is 2.67 bits per heavy atom. The number of benzene rings is 2. The zero-order valence-electron chi connectivity index (χ0n) is 17.2. The molecule has 2 aromatic carbocycles. The molecule has 1 aliphatic rings. The molecule has 1 unspecified atom stereocenters. The second kappa shape index (κ2) is 9.15. The minimum absolute atomic E-state index is 0.119. The van der Waals surface area contributed by atoms with Crippen molar-refractivity contribution < 1.29 is 14.3 Å². The van der Waals surface area contributed by atoms with E-state index >= 15 is 0 Å². The van der Waals surface area contributed by atoms with Gasteiger partial charge in [-0.25, -0.2) is 4.79 Å². The SMILES string of the molecule is CC1=C(C(=O)OC(C)C)C(c2cccc(Cl)c2)CC(=O)N1Cc1ccccc1C#N. The summed E-state index contributed by atoms with van der Waals surface area (Å²) in [6.07, 6.45) is -0.169. The quantitative estimate of drug-likeness (QED) is 0.639. The van der Waals surface area contributed by atoms with Gasteiger partial charge in [-0.3, -0.25) is 4.79 Å². The summed E-state index contributed by atoms with van der Waals surface area (Å²) < 4.78 is 5.50. The molecule has 0 radical (unpaired) electrons. The number of allylic oxidation sites excluding steroid dienone is 1. The molecule has 1 heterocycles. The van der Waals surface area contributed by atoms with E-state index in [0.717, 1.165) is 11.1 Å². The van der Waals surface area contributed by atoms with Crippen LogP contribution in [0.3, 0.4) is 0 Å². The van der Waals surface area contributed by atoms with Gasteiger partial charge in [0.1, 0.15) is 0 Å². The number of halogens is 1. The average molecular weight is 423 g/mol. The summed E-state index contributed by atoms with van der Waals surface area (Å²) in [5.74, 6) is -1.00. The normalized spacial score (nSPS) is 16.6. The van der Waals surface area contributed by atoms with Crippen molar-refractivity contribution in [2.75, 3.05) is 0 Å². The molecule has 0 bridgehead atoms. The highest BCUT2D eigenvalue weighted by molar-refractivity contribution is 6.30. The minimum Gasteiger partial charge on any atom is -0.460 e. The Bertz CT molecular complexity index is 1050. The molecular formula is C24H23ClN2O3. The molecule has 0 aromatic heterocycles. The van der Waals surface area contributed by atoms with Crippen LogP contribution in [0.2, 0.25) is 5.02 Å². The number of esters is 1. The van der Waals surface area contributed by atoms with Crippen LogP contribution in [0.25, 0.3) is 0 Å². The Morgan fingerprint density at radius 1 is 1.27 bits per heavy atom. The second-order valence-corrected chi connectivity index (χ2v) is 7.95. The molecule has 1 atom stereocenters. The summed E-state index contributed by atoms with van der Waals surface area (Å²) in [6.45, 7) is 5.55. The monoisotopic (exact) mass is 422 g/mol. The van der Waals surface area contributed by atoms with Gasteiger partial charge in [0.2, 0.25) is 5.91 Å². The maximum atomic E-state index is 13.1. The second-order valence-electron chi connectivity index (χ2n) is 7.51. The Kier molecular flexibility index (Phi) is 6.59. The van der Waals surface area contributed by atoms with E-state index in [1.165, 1.54) is 0 Å². The number of hydrogen-bond acceptors (Lipinski definition) is 4. The smallest absolute Gasteiger partial charge is 0.336 e. The van der Waals surface area contributed by atoms with Crippen LogP contribution in [0.4, 0.5) is 0 Å². The fraction of sp³-hybridized carbons (Fsp3) is 0.292. The molecule has 3 rings (SSSR count). The van der Waals surface area contributed by atoms with Gasteiger partial charge >= 0.3 is 5.97 Å². The van der Waals surface area contributed by atoms with E-state index in [0.29, 0.717) is 21.9 Å². The molecule has 1 amide bonds. The fourth-order valence-electron chi connectivity index (χ4n) is 3.69. The lowest BCUT2D eigenvalue weighted by Crippen LogP contribution is -2.38. The van der Waals surface area contributed by atoms with Crippen LogP contribution in [0.5, 0.6) is 0 Å². The van der Waals surface area contributed by atoms with Gasteiger partial charge in [-0.1, -0.05) is 41.9 Å². The highest BCUT2D eigenvalue weighted by Crippen LogP contribution is 2.38. The van der Waals surface area contributed by atoms with Crippen molar-refractivity contribution in [3.05, 3.63) is 81.5 Å². The summed E-state index contributed by atoms with van der Waals surface area (Å²) in [5.41, 5.74) is 3.00. The number of hydrogen-bond donors (Lipinski definition) is 0. The summed E-state index contributed by atoms with van der Waals surface area (Å²) in [5, 5.41) is 9.92. The lowest BCUT2D eigenvalue weighted by molar-refractivity contribution is -0.143. The number of carbonyl (C=O) groups excluding carboxylic acids is 2. The van der Waals surface area contributed by atoms with Gasteiger partial charge in [-0.05, 0) is 50.1 Å². The molecule has 0 saturated carbocycles. The third kappa shape index (κ3) is 4.55. The number of ether oxygens (including phenoxy) is 1. The molecule has 0 spiro atoms. The zero-order chi connectivity index (χ0) is 21.8. The van der Waals surface area contributed by atoms with Crippen molar-refractivity contribution in [3.8, 4) is 6.07 Å². The highest BCUT2D eigenvalue weighted by atomic mass is 35.5. The van der Waals surface area contributed by atoms with Gasteiger partial charge in [0.05, 0.1) is 29.9 Å². The first-order valence-corrected chi connectivity index (χ1v) is 10.1. The standard InChI is InChI=1S/C24H23ClN2O3/c1-15(2)30-24(29)23-16(3)27(14-19-8-5-4-7-18(19)13-26)22(28)12-21(23)17-9-6-10-20(25)11-17/h4-11,15,21H,12,14H2,1-3H3. The fourth-order valence-corrected chi connectivity index (χ4v) is 3.89. The van der Waals surface area contributed by atoms with Gasteiger partial charge < -0.3 is 9.64 Å². The van der Waals surface area contributed by atoms with Crippen molar-refractivity contribution in [2.45, 2.75) is 45.8 Å². The van der Waals surface area contributed by atoms with Crippen LogP contribution in [0.15, 0.2) is 59.8 Å². The number of amides is 1. The molecule has 0 saturated heterocycles. The lowest BCUT2D eigenvalue weighted by atomic mass is 9.83. The predicted molar refractivity (Wildman–Crippen MR) is 114 cm³/mol. The maximum Gasteiger partial charge on any atom is 0.336 e. The number of nitriles is 1. The molecule has 6 heteroatoms. The Morgan fingerprint density at radius 2 is 2.00 bits per heavy atom. The average Bonchev–Trinajstić information content (AvgIpc) is 2.70. The van der Waals surface area contributed by atoms with E-state index < -0.39 is 11.9 Å². The van der Waals surface area contributed by atoms with Gasteiger partial charge in [-0.2, -0.15) is 5.26 Å². The van der Waals surface area contributed by atoms with E-state index in [1.807, 2.05) is 18.2 Å². The van der Waals surface area contributed by atoms with Crippen molar-refractivity contribution >= 4 is 23.5 Å². The molecule has 30 heavy (non-hydrogen) atoms. The number of carbonyl (C=O) groups is 2. The Hall–Kier alpha value is -3.10. The van der Waals surface area contributed by atoms with Crippen LogP contribution >= 0.6 is 11.6 Å². The largest absolute Gasteiger partial charge is 0.460 e. The highest BCUT2D eigenvalue weighted by Gasteiger charge is 2.37. The molecule has 0 N–H and O–H groups in total. The van der Waals surface area contributed by atoms with Crippen molar-refractivity contribution in [2.24, 2.45) is 0 Å². The number of nitrogens with zero attached hydrogens (tertiary/aromatic N) is 2. The summed E-state index contributed by atoms with van der Waals surface area (Å²) in [4.78, 5) is 27.7. The molecular weight excluding hydrogens is 400 g/mol. The first-order chi connectivity index (χ1) is 14.3. The molecule has 154 valence electrons. The van der Waals surface area contributed by atoms with Crippen molar-refractivity contribution in [1.29, 1.82) is 5.26 Å². The number of rotatable bonds is 5. The molecule has 0 fully saturated rings. The van der Waals surface area contributed by atoms with E-state index in [-0.39, 0.29) is 25.0 Å². The summed E-state index contributed by atoms with van der Waals surface area (Å²) >= 11 is 6.16. The van der Waals surface area contributed by atoms with Crippen LogP contribution < -0.4 is 0 Å². The van der Waals surface area contributed by atoms with Gasteiger partial charge in [0, 0.05) is 23.1 Å². The van der Waals surface area contributed by atoms with Crippen molar-refractivity contribution in [3.63, 3.8) is 0 Å². The Labute approximate surface area is 181 Å². The lowest BCUT2D eigenvalue weighted by Gasteiger charge is -2.35. The third-order valence-electron chi connectivity index (χ3n) is 5.10. The van der Waals surface area contributed by atoms with Crippen molar-refractivity contribution in [1.82, 2.24) is 4.90 Å². The Balaban J connectivity index is 2.07. The summed E-state index contributed by atoms with van der Waals surface area (Å²) in [7, 11) is 0. The topological polar surface area (TPSA) is 70.4 Å². The third-order valence-corrected chi connectivity index (χ3v) is 5.34. The first-order valence-electron chi connectivity index (χ1n) is 9.77. The maximum absolute atomic E-state index is 13.1. The molecule has 0 aliphatic carbocycles. The minimum atomic E-state index is -0.446. The first kappa shape index (κ1) is 21.6. The summed E-state index contributed by atoms with van der Waals surface area (Å²) in [6, 6.07) is 16.5. The van der Waals surface area contributed by atoms with E-state index in [1.54, 1.807) is 56.0 Å². The van der Waals surface area contributed by atoms with Gasteiger partial charge in [0.25, 0.3) is 0 Å². The van der Waals surface area contributed by atoms with E-state index in [4.69, 9.17) is 16.3 Å². The van der Waals surface area contributed by atoms with Crippen LogP contribution in [0.1, 0.15) is 49.8 Å². The zero-order valence-corrected chi connectivity index (χ0v) is 17.9. The van der Waals surface area contributed by atoms with E-state index in [9.17, 15) is 14.9 Å². The predicted octanol–water partition coefficient (Wildman–Crippen LogP) is 4.95. The molecule has 2 aromatic rings. The van der Waals surface area contributed by atoms with E-state index in [2.05, 4.69) is 6.07 Å². The van der Waals surface area contributed by atoms with Crippen LogP contribution in [0, 0.1) is 11.3 Å². The molecule has 1 aliphatic heterocycles. The van der Waals surface area contributed by atoms with Gasteiger partial charge in [-0.15, -0.1) is 0 Å². The molecule has 5 nitrogen and oxygen atoms in total. The van der Waals surface area contributed by atoms with Gasteiger partial charge in [0.15, 0.2) is 0 Å². The van der Waals surface area contributed by atoms with Crippen LogP contribution in [-0.4, -0.2) is 22.9 Å². The van der Waals surface area contributed by atoms with Crippen LogP contribution in [-0.2, 0) is 20.9 Å².